The zero-order valence-corrected chi connectivity index (χ0v) is 14.9. The average Bonchev–Trinajstić information content (AvgIpc) is 2.69. The Labute approximate surface area is 153 Å². The molecule has 0 spiro atoms. The molecule has 1 fully saturated rings. The van der Waals surface area contributed by atoms with Crippen molar-refractivity contribution in [2.24, 2.45) is 0 Å². The zero-order chi connectivity index (χ0) is 18.4. The standard InChI is InChI=1S/C19H23N5O2/c1-15(26)16-2-4-17(5-3-16)18-19(22-7-6-21-18)24-12-10-23(11-13-24)9-8-20-14-25/h2-7,14H,8-13H2,1H3,(H,20,25). The van der Waals surface area contributed by atoms with Crippen molar-refractivity contribution in [3.8, 4) is 11.3 Å². The van der Waals surface area contributed by atoms with Gasteiger partial charge in [-0.1, -0.05) is 24.3 Å². The average molecular weight is 353 g/mol. The van der Waals surface area contributed by atoms with Crippen LogP contribution in [0.4, 0.5) is 5.82 Å². The van der Waals surface area contributed by atoms with Crippen molar-refractivity contribution < 1.29 is 9.59 Å². The highest BCUT2D eigenvalue weighted by Crippen LogP contribution is 2.27. The van der Waals surface area contributed by atoms with Gasteiger partial charge in [-0.3, -0.25) is 19.5 Å². The van der Waals surface area contributed by atoms with Crippen LogP contribution >= 0.6 is 0 Å². The van der Waals surface area contributed by atoms with E-state index in [2.05, 4.69) is 25.1 Å². The molecule has 1 saturated heterocycles. The van der Waals surface area contributed by atoms with Gasteiger partial charge in [-0.2, -0.15) is 0 Å². The first kappa shape index (κ1) is 18.0. The first-order chi connectivity index (χ1) is 12.7. The van der Waals surface area contributed by atoms with Gasteiger partial charge in [0.1, 0.15) is 5.69 Å². The Morgan fingerprint density at radius 1 is 1.12 bits per heavy atom. The number of amides is 1. The molecule has 3 rings (SSSR count). The Kier molecular flexibility index (Phi) is 5.91. The fourth-order valence-corrected chi connectivity index (χ4v) is 3.09. The fourth-order valence-electron chi connectivity index (χ4n) is 3.09. The second-order valence-corrected chi connectivity index (χ2v) is 6.26. The zero-order valence-electron chi connectivity index (χ0n) is 14.9. The number of piperazine rings is 1. The summed E-state index contributed by atoms with van der Waals surface area (Å²) in [7, 11) is 0. The molecule has 1 aliphatic heterocycles. The van der Waals surface area contributed by atoms with Gasteiger partial charge in [-0.25, -0.2) is 4.98 Å². The summed E-state index contributed by atoms with van der Waals surface area (Å²) in [6.45, 7) is 6.64. The van der Waals surface area contributed by atoms with Crippen molar-refractivity contribution in [1.82, 2.24) is 20.2 Å². The summed E-state index contributed by atoms with van der Waals surface area (Å²) < 4.78 is 0. The number of anilines is 1. The highest BCUT2D eigenvalue weighted by Gasteiger charge is 2.21. The largest absolute Gasteiger partial charge is 0.357 e. The van der Waals surface area contributed by atoms with E-state index in [1.807, 2.05) is 24.3 Å². The molecule has 136 valence electrons. The molecule has 1 amide bonds. The maximum Gasteiger partial charge on any atom is 0.207 e. The van der Waals surface area contributed by atoms with E-state index in [-0.39, 0.29) is 5.78 Å². The number of benzene rings is 1. The van der Waals surface area contributed by atoms with Gasteiger partial charge >= 0.3 is 0 Å². The normalized spacial score (nSPS) is 14.9. The second kappa shape index (κ2) is 8.53. The highest BCUT2D eigenvalue weighted by molar-refractivity contribution is 5.94. The summed E-state index contributed by atoms with van der Waals surface area (Å²) in [5.74, 6) is 0.921. The van der Waals surface area contributed by atoms with Crippen molar-refractivity contribution in [2.45, 2.75) is 6.92 Å². The molecule has 0 atom stereocenters. The third-order valence-corrected chi connectivity index (χ3v) is 4.57. The molecule has 0 radical (unpaired) electrons. The fraction of sp³-hybridized carbons (Fsp3) is 0.368. The summed E-state index contributed by atoms with van der Waals surface area (Å²) in [4.78, 5) is 35.5. The van der Waals surface area contributed by atoms with E-state index in [9.17, 15) is 9.59 Å². The lowest BCUT2D eigenvalue weighted by atomic mass is 10.1. The van der Waals surface area contributed by atoms with Crippen molar-refractivity contribution in [1.29, 1.82) is 0 Å². The van der Waals surface area contributed by atoms with Crippen LogP contribution in [0.5, 0.6) is 0 Å². The van der Waals surface area contributed by atoms with Crippen LogP contribution in [0.3, 0.4) is 0 Å². The summed E-state index contributed by atoms with van der Waals surface area (Å²) in [6, 6.07) is 7.50. The van der Waals surface area contributed by atoms with Gasteiger partial charge < -0.3 is 10.2 Å². The van der Waals surface area contributed by atoms with E-state index < -0.39 is 0 Å². The summed E-state index contributed by atoms with van der Waals surface area (Å²) >= 11 is 0. The van der Waals surface area contributed by atoms with Gasteiger partial charge in [0.2, 0.25) is 6.41 Å². The molecule has 1 N–H and O–H groups in total. The summed E-state index contributed by atoms with van der Waals surface area (Å²) in [6.07, 6.45) is 4.14. The van der Waals surface area contributed by atoms with E-state index in [1.54, 1.807) is 19.3 Å². The first-order valence-electron chi connectivity index (χ1n) is 8.76. The number of aromatic nitrogens is 2. The van der Waals surface area contributed by atoms with Gasteiger partial charge in [0, 0.05) is 62.8 Å². The molecule has 26 heavy (non-hydrogen) atoms. The minimum absolute atomic E-state index is 0.0520. The molecule has 0 saturated carbocycles. The van der Waals surface area contributed by atoms with Crippen LogP contribution in [-0.2, 0) is 4.79 Å². The third kappa shape index (κ3) is 4.23. The Morgan fingerprint density at radius 2 is 1.81 bits per heavy atom. The highest BCUT2D eigenvalue weighted by atomic mass is 16.1. The molecule has 7 nitrogen and oxygen atoms in total. The van der Waals surface area contributed by atoms with Crippen LogP contribution in [0.2, 0.25) is 0 Å². The first-order valence-corrected chi connectivity index (χ1v) is 8.76. The summed E-state index contributed by atoms with van der Waals surface area (Å²) in [5.41, 5.74) is 2.48. The van der Waals surface area contributed by atoms with Crippen molar-refractivity contribution >= 4 is 18.0 Å². The Hall–Kier alpha value is -2.80. The molecule has 7 heteroatoms. The Balaban J connectivity index is 1.72. The Morgan fingerprint density at radius 3 is 2.46 bits per heavy atom. The van der Waals surface area contributed by atoms with Crippen molar-refractivity contribution in [2.75, 3.05) is 44.2 Å². The van der Waals surface area contributed by atoms with Crippen LogP contribution in [0.25, 0.3) is 11.3 Å². The second-order valence-electron chi connectivity index (χ2n) is 6.26. The molecule has 1 aromatic heterocycles. The molecule has 2 aromatic rings. The lowest BCUT2D eigenvalue weighted by Crippen LogP contribution is -2.48. The van der Waals surface area contributed by atoms with Crippen LogP contribution < -0.4 is 10.2 Å². The number of hydrogen-bond acceptors (Lipinski definition) is 6. The third-order valence-electron chi connectivity index (χ3n) is 4.57. The number of rotatable bonds is 7. The number of hydrogen-bond donors (Lipinski definition) is 1. The molecule has 0 bridgehead atoms. The number of nitrogens with zero attached hydrogens (tertiary/aromatic N) is 4. The van der Waals surface area contributed by atoms with Gasteiger partial charge in [0.25, 0.3) is 0 Å². The van der Waals surface area contributed by atoms with E-state index >= 15 is 0 Å². The smallest absolute Gasteiger partial charge is 0.207 e. The molecule has 0 aliphatic carbocycles. The molecule has 0 unspecified atom stereocenters. The molecule has 1 aliphatic rings. The van der Waals surface area contributed by atoms with Gasteiger partial charge in [0.05, 0.1) is 0 Å². The van der Waals surface area contributed by atoms with Crippen molar-refractivity contribution in [3.05, 3.63) is 42.2 Å². The quantitative estimate of drug-likeness (QED) is 0.458. The van der Waals surface area contributed by atoms with Gasteiger partial charge in [-0.05, 0) is 6.92 Å². The molecular weight excluding hydrogens is 330 g/mol. The topological polar surface area (TPSA) is 78.4 Å². The minimum atomic E-state index is 0.0520. The predicted octanol–water partition coefficient (Wildman–Crippen LogP) is 1.21. The van der Waals surface area contributed by atoms with E-state index in [0.717, 1.165) is 56.2 Å². The SMILES string of the molecule is CC(=O)c1ccc(-c2nccnc2N2CCN(CCNC=O)CC2)cc1. The minimum Gasteiger partial charge on any atom is -0.357 e. The maximum atomic E-state index is 11.5. The lowest BCUT2D eigenvalue weighted by molar-refractivity contribution is -0.109. The Bertz CT molecular complexity index is 755. The molecular formula is C19H23N5O2. The maximum absolute atomic E-state index is 11.5. The number of carbonyl (C=O) groups is 2. The lowest BCUT2D eigenvalue weighted by Gasteiger charge is -2.35. The number of carbonyl (C=O) groups excluding carboxylic acids is 2. The summed E-state index contributed by atoms with van der Waals surface area (Å²) in [5, 5.41) is 2.70. The van der Waals surface area contributed by atoms with E-state index in [4.69, 9.17) is 0 Å². The number of nitrogens with one attached hydrogen (secondary N) is 1. The number of ketones is 1. The van der Waals surface area contributed by atoms with Crippen LogP contribution in [0, 0.1) is 0 Å². The van der Waals surface area contributed by atoms with Crippen molar-refractivity contribution in [3.63, 3.8) is 0 Å². The molecule has 1 aromatic carbocycles. The van der Waals surface area contributed by atoms with E-state index in [0.29, 0.717) is 12.1 Å². The van der Waals surface area contributed by atoms with Crippen LogP contribution in [-0.4, -0.2) is 66.3 Å². The number of Topliss-reactive ketones (excluding diaryl/α,β-unsaturated/α-hetero) is 1. The van der Waals surface area contributed by atoms with Gasteiger partial charge in [0.15, 0.2) is 11.6 Å². The van der Waals surface area contributed by atoms with E-state index in [1.165, 1.54) is 0 Å². The van der Waals surface area contributed by atoms with Crippen LogP contribution in [0.1, 0.15) is 17.3 Å². The molecule has 2 heterocycles. The predicted molar refractivity (Wildman–Crippen MR) is 100 cm³/mol. The monoisotopic (exact) mass is 353 g/mol. The van der Waals surface area contributed by atoms with Gasteiger partial charge in [-0.15, -0.1) is 0 Å². The van der Waals surface area contributed by atoms with Crippen LogP contribution in [0.15, 0.2) is 36.7 Å².